The minimum atomic E-state index is -4.24. The zero-order valence-electron chi connectivity index (χ0n) is 17.3. The van der Waals surface area contributed by atoms with Gasteiger partial charge < -0.3 is 4.90 Å². The fraction of sp³-hybridized carbons (Fsp3) is 0.455. The number of nitrogens with one attached hydrogen (secondary N) is 1. The number of hydrogen-bond donors (Lipinski definition) is 1. The number of alkyl halides is 3. The number of aromatic nitrogens is 2. The minimum absolute atomic E-state index is 0.112. The predicted molar refractivity (Wildman–Crippen MR) is 120 cm³/mol. The highest BCUT2D eigenvalue weighted by atomic mass is 32.2. The van der Waals surface area contributed by atoms with Crippen molar-refractivity contribution in [1.82, 2.24) is 14.7 Å². The molecule has 32 heavy (non-hydrogen) atoms. The first kappa shape index (κ1) is 21.8. The zero-order valence-corrected chi connectivity index (χ0v) is 18.9. The van der Waals surface area contributed by atoms with E-state index in [-0.39, 0.29) is 16.3 Å². The molecule has 1 saturated carbocycles. The molecule has 5 nitrogen and oxygen atoms in total. The monoisotopic (exact) mass is 480 g/mol. The summed E-state index contributed by atoms with van der Waals surface area (Å²) in [6.45, 7) is 1.62. The quantitative estimate of drug-likeness (QED) is 0.567. The van der Waals surface area contributed by atoms with Gasteiger partial charge in [-0.05, 0) is 49.3 Å². The van der Waals surface area contributed by atoms with Crippen LogP contribution in [0.15, 0.2) is 47.6 Å². The Labute approximate surface area is 190 Å². The summed E-state index contributed by atoms with van der Waals surface area (Å²) in [6, 6.07) is 11.2. The maximum Gasteiger partial charge on any atom is 0.393 e. The number of rotatable bonds is 5. The lowest BCUT2D eigenvalue weighted by molar-refractivity contribution is -0.126. The van der Waals surface area contributed by atoms with E-state index < -0.39 is 23.6 Å². The highest BCUT2D eigenvalue weighted by Gasteiger charge is 2.45. The van der Waals surface area contributed by atoms with Gasteiger partial charge in [-0.1, -0.05) is 18.2 Å². The van der Waals surface area contributed by atoms with Crippen LogP contribution in [0.5, 0.6) is 0 Å². The third kappa shape index (κ3) is 4.53. The SMILES string of the molecule is O=S(NC1CCC2(CCN(c3ncnc4sc(CC(F)(F)F)cc34)C2)C1)c1ccccc1. The fourth-order valence-corrected chi connectivity index (χ4v) is 7.05. The molecule has 3 aromatic rings. The third-order valence-corrected chi connectivity index (χ3v) is 8.70. The number of nitrogens with zero attached hydrogens (tertiary/aromatic N) is 3. The van der Waals surface area contributed by atoms with E-state index in [1.165, 1.54) is 6.33 Å². The molecule has 2 aromatic heterocycles. The van der Waals surface area contributed by atoms with Crippen LogP contribution in [0.3, 0.4) is 0 Å². The van der Waals surface area contributed by atoms with Gasteiger partial charge >= 0.3 is 6.18 Å². The molecule has 1 spiro atoms. The van der Waals surface area contributed by atoms with Gasteiger partial charge in [0.05, 0.1) is 16.7 Å². The molecule has 0 amide bonds. The molecule has 10 heteroatoms. The Kier molecular flexibility index (Phi) is 5.71. The molecule has 3 unspecified atom stereocenters. The van der Waals surface area contributed by atoms with E-state index in [0.29, 0.717) is 10.2 Å². The summed E-state index contributed by atoms with van der Waals surface area (Å²) in [5.41, 5.74) is 0.112. The van der Waals surface area contributed by atoms with Crippen LogP contribution in [0, 0.1) is 5.41 Å². The first-order valence-electron chi connectivity index (χ1n) is 10.6. The molecule has 5 rings (SSSR count). The van der Waals surface area contributed by atoms with Crippen LogP contribution in [0.1, 0.15) is 30.6 Å². The number of hydrogen-bond acceptors (Lipinski definition) is 5. The summed E-state index contributed by atoms with van der Waals surface area (Å²) in [5.74, 6) is 0.723. The molecule has 3 atom stereocenters. The van der Waals surface area contributed by atoms with Crippen LogP contribution in [-0.2, 0) is 17.4 Å². The van der Waals surface area contributed by atoms with Crippen molar-refractivity contribution in [1.29, 1.82) is 0 Å². The van der Waals surface area contributed by atoms with Crippen LogP contribution in [-0.4, -0.2) is 39.5 Å². The number of thiophene rings is 1. The van der Waals surface area contributed by atoms with Crippen LogP contribution >= 0.6 is 11.3 Å². The maximum atomic E-state index is 12.8. The van der Waals surface area contributed by atoms with Gasteiger partial charge in [0.15, 0.2) is 0 Å². The summed E-state index contributed by atoms with van der Waals surface area (Å²) in [7, 11) is -1.23. The van der Waals surface area contributed by atoms with Gasteiger partial charge in [0.1, 0.15) is 28.0 Å². The van der Waals surface area contributed by atoms with Crippen LogP contribution in [0.25, 0.3) is 10.2 Å². The van der Waals surface area contributed by atoms with Crippen molar-refractivity contribution in [2.75, 3.05) is 18.0 Å². The summed E-state index contributed by atoms with van der Waals surface area (Å²) in [6.07, 6.45) is 0.178. The molecule has 2 fully saturated rings. The number of benzene rings is 1. The Morgan fingerprint density at radius 1 is 1.22 bits per heavy atom. The standard InChI is InChI=1S/C22H23F3N4OS2/c23-22(24,25)12-16-10-18-19(26-14-27-20(18)31-16)29-9-8-21(13-29)7-6-15(11-21)28-32(30)17-4-2-1-3-5-17/h1-5,10,14-15,28H,6-9,11-13H2. The lowest BCUT2D eigenvalue weighted by Crippen LogP contribution is -2.31. The van der Waals surface area contributed by atoms with Gasteiger partial charge in [-0.2, -0.15) is 13.2 Å². The van der Waals surface area contributed by atoms with Gasteiger partial charge in [-0.15, -0.1) is 11.3 Å². The Hall–Kier alpha value is -2.04. The average molecular weight is 481 g/mol. The van der Waals surface area contributed by atoms with Gasteiger partial charge in [-0.25, -0.2) is 18.9 Å². The molecular weight excluding hydrogens is 457 g/mol. The smallest absolute Gasteiger partial charge is 0.355 e. The van der Waals surface area contributed by atoms with Crippen LogP contribution < -0.4 is 9.62 Å². The van der Waals surface area contributed by atoms with E-state index >= 15 is 0 Å². The molecule has 0 radical (unpaired) electrons. The van der Waals surface area contributed by atoms with Crippen molar-refractivity contribution in [2.45, 2.75) is 49.2 Å². The lowest BCUT2D eigenvalue weighted by Gasteiger charge is -2.25. The van der Waals surface area contributed by atoms with Crippen LogP contribution in [0.2, 0.25) is 0 Å². The van der Waals surface area contributed by atoms with Crippen molar-refractivity contribution in [2.24, 2.45) is 5.41 Å². The predicted octanol–water partition coefficient (Wildman–Crippen LogP) is 4.86. The number of halogens is 3. The maximum absolute atomic E-state index is 12.8. The second kappa shape index (κ2) is 8.39. The van der Waals surface area contributed by atoms with Crippen molar-refractivity contribution in [3.63, 3.8) is 0 Å². The lowest BCUT2D eigenvalue weighted by atomic mass is 9.85. The van der Waals surface area contributed by atoms with Crippen LogP contribution in [0.4, 0.5) is 19.0 Å². The molecule has 1 aliphatic carbocycles. The summed E-state index contributed by atoms with van der Waals surface area (Å²) < 4.78 is 54.4. The highest BCUT2D eigenvalue weighted by molar-refractivity contribution is 7.83. The zero-order chi connectivity index (χ0) is 22.3. The van der Waals surface area contributed by atoms with Crippen molar-refractivity contribution in [3.8, 4) is 0 Å². The molecular formula is C22H23F3N4OS2. The molecule has 1 aromatic carbocycles. The Bertz CT molecular complexity index is 1140. The van der Waals surface area contributed by atoms with Gasteiger partial charge in [0.25, 0.3) is 0 Å². The summed E-state index contributed by atoms with van der Waals surface area (Å²) >= 11 is 1.08. The molecule has 0 bridgehead atoms. The molecule has 1 saturated heterocycles. The second-order valence-corrected chi connectivity index (χ2v) is 11.1. The molecule has 1 N–H and O–H groups in total. The van der Waals surface area contributed by atoms with Crippen molar-refractivity contribution < 1.29 is 17.4 Å². The van der Waals surface area contributed by atoms with Crippen molar-refractivity contribution in [3.05, 3.63) is 47.6 Å². The molecule has 3 heterocycles. The average Bonchev–Trinajstić information content (AvgIpc) is 3.46. The van der Waals surface area contributed by atoms with Crippen molar-refractivity contribution >= 4 is 38.4 Å². The molecule has 2 aliphatic rings. The number of anilines is 1. The van der Waals surface area contributed by atoms with Gasteiger partial charge in [-0.3, -0.25) is 0 Å². The van der Waals surface area contributed by atoms with E-state index in [4.69, 9.17) is 0 Å². The Balaban J connectivity index is 1.28. The van der Waals surface area contributed by atoms with Gasteiger partial charge in [0.2, 0.25) is 0 Å². The Morgan fingerprint density at radius 3 is 2.81 bits per heavy atom. The minimum Gasteiger partial charge on any atom is -0.355 e. The second-order valence-electron chi connectivity index (χ2n) is 8.73. The van der Waals surface area contributed by atoms with E-state index in [2.05, 4.69) is 19.6 Å². The van der Waals surface area contributed by atoms with Gasteiger partial charge in [0, 0.05) is 24.0 Å². The summed E-state index contributed by atoms with van der Waals surface area (Å²) in [5, 5.41) is 0.701. The number of fused-ring (bicyclic) bond motifs is 1. The largest absolute Gasteiger partial charge is 0.393 e. The summed E-state index contributed by atoms with van der Waals surface area (Å²) in [4.78, 5) is 12.5. The third-order valence-electron chi connectivity index (χ3n) is 6.41. The van der Waals surface area contributed by atoms with E-state index in [1.807, 2.05) is 30.3 Å². The highest BCUT2D eigenvalue weighted by Crippen LogP contribution is 2.47. The Morgan fingerprint density at radius 2 is 2.03 bits per heavy atom. The van der Waals surface area contributed by atoms with E-state index in [0.717, 1.165) is 60.8 Å². The van der Waals surface area contributed by atoms with E-state index in [9.17, 15) is 17.4 Å². The normalized spacial score (nSPS) is 24.6. The molecule has 1 aliphatic heterocycles. The van der Waals surface area contributed by atoms with E-state index in [1.54, 1.807) is 6.07 Å². The molecule has 170 valence electrons. The topological polar surface area (TPSA) is 58.1 Å². The fourth-order valence-electron chi connectivity index (χ4n) is 4.99. The first-order valence-corrected chi connectivity index (χ1v) is 12.6. The first-order chi connectivity index (χ1) is 15.3.